The van der Waals surface area contributed by atoms with Crippen molar-refractivity contribution in [2.45, 2.75) is 68.8 Å². The van der Waals surface area contributed by atoms with E-state index in [1.54, 1.807) is 36.4 Å². The SMILES string of the molecule is C1CC1.Cc1ccc(S(=O)(=O)N2C(CCCNC(=O)O)CCC2c2ccc(F)cc2)cc1. The Morgan fingerprint density at radius 1 is 1.06 bits per heavy atom. The number of halogens is 1. The molecule has 4 rings (SSSR count). The van der Waals surface area contributed by atoms with Crippen LogP contribution >= 0.6 is 0 Å². The molecular weight excluding hydrogens is 431 g/mol. The van der Waals surface area contributed by atoms with Crippen LogP contribution in [0.4, 0.5) is 9.18 Å². The fraction of sp³-hybridized carbons (Fsp3) is 0.458. The number of amides is 1. The highest BCUT2D eigenvalue weighted by molar-refractivity contribution is 7.89. The first-order chi connectivity index (χ1) is 15.3. The van der Waals surface area contributed by atoms with Gasteiger partial charge in [-0.05, 0) is 62.4 Å². The van der Waals surface area contributed by atoms with Gasteiger partial charge in [-0.3, -0.25) is 0 Å². The van der Waals surface area contributed by atoms with Crippen LogP contribution < -0.4 is 5.32 Å². The molecule has 1 saturated carbocycles. The monoisotopic (exact) mass is 462 g/mol. The topological polar surface area (TPSA) is 86.7 Å². The van der Waals surface area contributed by atoms with E-state index in [2.05, 4.69) is 5.32 Å². The number of hydrogen-bond acceptors (Lipinski definition) is 3. The molecular formula is C24H31FN2O4S. The second-order valence-corrected chi connectivity index (χ2v) is 10.2. The van der Waals surface area contributed by atoms with E-state index in [0.717, 1.165) is 11.1 Å². The first-order valence-corrected chi connectivity index (χ1v) is 12.6. The van der Waals surface area contributed by atoms with Gasteiger partial charge < -0.3 is 10.4 Å². The summed E-state index contributed by atoms with van der Waals surface area (Å²) in [6.45, 7) is 2.16. The van der Waals surface area contributed by atoms with E-state index in [0.29, 0.717) is 25.7 Å². The van der Waals surface area contributed by atoms with Crippen molar-refractivity contribution in [3.8, 4) is 0 Å². The van der Waals surface area contributed by atoms with E-state index >= 15 is 0 Å². The minimum Gasteiger partial charge on any atom is -0.465 e. The zero-order valence-electron chi connectivity index (χ0n) is 18.3. The van der Waals surface area contributed by atoms with E-state index in [9.17, 15) is 17.6 Å². The highest BCUT2D eigenvalue weighted by Crippen LogP contribution is 2.42. The number of nitrogens with zero attached hydrogens (tertiary/aromatic N) is 1. The number of rotatable bonds is 7. The van der Waals surface area contributed by atoms with Crippen LogP contribution in [-0.2, 0) is 10.0 Å². The second-order valence-electron chi connectivity index (χ2n) is 8.38. The lowest BCUT2D eigenvalue weighted by atomic mass is 10.0. The maximum atomic E-state index is 13.5. The number of carbonyl (C=O) groups is 1. The van der Waals surface area contributed by atoms with Gasteiger partial charge in [0.1, 0.15) is 5.82 Å². The van der Waals surface area contributed by atoms with Crippen molar-refractivity contribution >= 4 is 16.1 Å². The smallest absolute Gasteiger partial charge is 0.404 e. The highest BCUT2D eigenvalue weighted by Gasteiger charge is 2.42. The number of nitrogens with one attached hydrogen (secondary N) is 1. The van der Waals surface area contributed by atoms with Crippen LogP contribution in [0.15, 0.2) is 53.4 Å². The molecule has 2 N–H and O–H groups in total. The molecule has 1 aliphatic heterocycles. The molecule has 2 aliphatic rings. The fourth-order valence-electron chi connectivity index (χ4n) is 3.86. The van der Waals surface area contributed by atoms with Crippen molar-refractivity contribution in [3.05, 3.63) is 65.5 Å². The molecule has 174 valence electrons. The molecule has 1 amide bonds. The summed E-state index contributed by atoms with van der Waals surface area (Å²) in [7, 11) is -3.76. The van der Waals surface area contributed by atoms with Crippen LogP contribution in [0.25, 0.3) is 0 Å². The van der Waals surface area contributed by atoms with Crippen LogP contribution in [0.3, 0.4) is 0 Å². The Bertz CT molecular complexity index is 989. The molecule has 8 heteroatoms. The standard InChI is InChI=1S/C21H25FN2O4S.C3H6/c1-15-4-11-19(12-5-15)29(27,28)24-18(3-2-14-23-21(25)26)10-13-20(24)16-6-8-17(22)9-7-16;1-2-3-1/h4-9,11-12,18,20,23H,2-3,10,13-14H2,1H3,(H,25,26);1-3H2. The average molecular weight is 463 g/mol. The molecule has 2 aromatic rings. The molecule has 0 aromatic heterocycles. The first-order valence-electron chi connectivity index (χ1n) is 11.1. The summed E-state index contributed by atoms with van der Waals surface area (Å²) in [4.78, 5) is 10.9. The Kier molecular flexibility index (Phi) is 8.26. The van der Waals surface area contributed by atoms with Gasteiger partial charge in [0.25, 0.3) is 0 Å². The Morgan fingerprint density at radius 2 is 1.69 bits per heavy atom. The van der Waals surface area contributed by atoms with Crippen molar-refractivity contribution < 1.29 is 22.7 Å². The first kappa shape index (κ1) is 24.2. The molecule has 1 saturated heterocycles. The Morgan fingerprint density at radius 3 is 2.25 bits per heavy atom. The molecule has 2 fully saturated rings. The summed E-state index contributed by atoms with van der Waals surface area (Å²) in [5, 5.41) is 11.0. The third-order valence-electron chi connectivity index (χ3n) is 5.64. The van der Waals surface area contributed by atoms with Gasteiger partial charge in [0.15, 0.2) is 0 Å². The third kappa shape index (κ3) is 6.53. The van der Waals surface area contributed by atoms with E-state index in [4.69, 9.17) is 5.11 Å². The van der Waals surface area contributed by atoms with E-state index in [1.807, 2.05) is 6.92 Å². The lowest BCUT2D eigenvalue weighted by Gasteiger charge is -2.30. The van der Waals surface area contributed by atoms with Crippen LogP contribution in [0.1, 0.15) is 62.1 Å². The van der Waals surface area contributed by atoms with Crippen molar-refractivity contribution in [2.24, 2.45) is 0 Å². The van der Waals surface area contributed by atoms with Gasteiger partial charge >= 0.3 is 6.09 Å². The number of benzene rings is 2. The van der Waals surface area contributed by atoms with Gasteiger partial charge in [-0.15, -0.1) is 0 Å². The molecule has 2 atom stereocenters. The Balaban J connectivity index is 0.000000887. The van der Waals surface area contributed by atoms with Gasteiger partial charge in [0, 0.05) is 12.6 Å². The minimum atomic E-state index is -3.76. The van der Waals surface area contributed by atoms with Gasteiger partial charge in [0.2, 0.25) is 10.0 Å². The maximum Gasteiger partial charge on any atom is 0.404 e. The Hall–Kier alpha value is -2.45. The summed E-state index contributed by atoms with van der Waals surface area (Å²) in [6.07, 6.45) is 5.79. The summed E-state index contributed by atoms with van der Waals surface area (Å²) in [5.74, 6) is -0.365. The molecule has 0 radical (unpaired) electrons. The molecule has 0 bridgehead atoms. The third-order valence-corrected chi connectivity index (χ3v) is 7.61. The van der Waals surface area contributed by atoms with E-state index in [-0.39, 0.29) is 29.3 Å². The summed E-state index contributed by atoms with van der Waals surface area (Å²) >= 11 is 0. The number of sulfonamides is 1. The maximum absolute atomic E-state index is 13.5. The summed E-state index contributed by atoms with van der Waals surface area (Å²) in [5.41, 5.74) is 1.73. The predicted molar refractivity (Wildman–Crippen MR) is 121 cm³/mol. The van der Waals surface area contributed by atoms with Crippen LogP contribution in [0.5, 0.6) is 0 Å². The van der Waals surface area contributed by atoms with Crippen LogP contribution in [-0.4, -0.2) is 36.5 Å². The van der Waals surface area contributed by atoms with E-state index < -0.39 is 16.1 Å². The Labute approximate surface area is 189 Å². The summed E-state index contributed by atoms with van der Waals surface area (Å²) < 4.78 is 41.9. The number of hydrogen-bond donors (Lipinski definition) is 2. The van der Waals surface area contributed by atoms with Gasteiger partial charge in [0.05, 0.1) is 10.9 Å². The average Bonchev–Trinajstić information content (AvgIpc) is 3.58. The second kappa shape index (κ2) is 10.9. The van der Waals surface area contributed by atoms with E-state index in [1.165, 1.54) is 35.7 Å². The van der Waals surface area contributed by atoms with Gasteiger partial charge in [-0.1, -0.05) is 49.1 Å². The van der Waals surface area contributed by atoms with Crippen molar-refractivity contribution in [1.82, 2.24) is 9.62 Å². The van der Waals surface area contributed by atoms with Crippen molar-refractivity contribution in [2.75, 3.05) is 6.54 Å². The molecule has 0 spiro atoms. The van der Waals surface area contributed by atoms with Crippen LogP contribution in [0, 0.1) is 12.7 Å². The summed E-state index contributed by atoms with van der Waals surface area (Å²) in [6, 6.07) is 12.1. The molecule has 6 nitrogen and oxygen atoms in total. The molecule has 32 heavy (non-hydrogen) atoms. The zero-order valence-corrected chi connectivity index (χ0v) is 19.2. The van der Waals surface area contributed by atoms with Gasteiger partial charge in [-0.25, -0.2) is 17.6 Å². The van der Waals surface area contributed by atoms with Gasteiger partial charge in [-0.2, -0.15) is 4.31 Å². The minimum absolute atomic E-state index is 0.228. The molecule has 1 aliphatic carbocycles. The fourth-order valence-corrected chi connectivity index (χ4v) is 5.75. The lowest BCUT2D eigenvalue weighted by Crippen LogP contribution is -2.38. The zero-order chi connectivity index (χ0) is 23.1. The largest absolute Gasteiger partial charge is 0.465 e. The molecule has 1 heterocycles. The number of carboxylic acid groups (broad SMARTS) is 1. The predicted octanol–water partition coefficient (Wildman–Crippen LogP) is 5.25. The normalized spacial score (nSPS) is 20.3. The molecule has 2 unspecified atom stereocenters. The van der Waals surface area contributed by atoms with Crippen molar-refractivity contribution in [1.29, 1.82) is 0 Å². The highest BCUT2D eigenvalue weighted by atomic mass is 32.2. The molecule has 2 aromatic carbocycles. The van der Waals surface area contributed by atoms with Crippen molar-refractivity contribution in [3.63, 3.8) is 0 Å². The lowest BCUT2D eigenvalue weighted by molar-refractivity contribution is 0.193. The quantitative estimate of drug-likeness (QED) is 0.551. The van der Waals surface area contributed by atoms with Crippen LogP contribution in [0.2, 0.25) is 0 Å². The number of aryl methyl sites for hydroxylation is 1.